The van der Waals surface area contributed by atoms with Gasteiger partial charge in [-0.25, -0.2) is 19.9 Å². The van der Waals surface area contributed by atoms with Crippen LogP contribution in [0.25, 0.3) is 89.0 Å². The third-order valence-corrected chi connectivity index (χ3v) is 8.87. The summed E-state index contributed by atoms with van der Waals surface area (Å²) in [6, 6.07) is 58.5. The number of aromatic nitrogens is 4. The average Bonchev–Trinajstić information content (AvgIpc) is 3.18. The zero-order valence-electron chi connectivity index (χ0n) is 26.0. The molecule has 9 rings (SSSR count). The highest BCUT2D eigenvalue weighted by atomic mass is 14.9. The van der Waals surface area contributed by atoms with Crippen molar-refractivity contribution in [2.24, 2.45) is 0 Å². The highest BCUT2D eigenvalue weighted by Gasteiger charge is 2.14. The molecule has 0 amide bonds. The van der Waals surface area contributed by atoms with Crippen LogP contribution in [0.4, 0.5) is 0 Å². The highest BCUT2D eigenvalue weighted by molar-refractivity contribution is 6.04. The third-order valence-electron chi connectivity index (χ3n) is 8.87. The van der Waals surface area contributed by atoms with E-state index in [2.05, 4.69) is 133 Å². The van der Waals surface area contributed by atoms with Crippen molar-refractivity contribution in [3.63, 3.8) is 0 Å². The normalized spacial score (nSPS) is 11.3. The summed E-state index contributed by atoms with van der Waals surface area (Å²) in [5.74, 6) is 0.705. The van der Waals surface area contributed by atoms with Crippen LogP contribution in [-0.2, 0) is 0 Å². The summed E-state index contributed by atoms with van der Waals surface area (Å²) in [5, 5.41) is 3.16. The van der Waals surface area contributed by atoms with E-state index in [0.717, 1.165) is 77.6 Å². The molecular formula is C44H28N4. The van der Waals surface area contributed by atoms with Crippen LogP contribution in [0.3, 0.4) is 0 Å². The Morgan fingerprint density at radius 1 is 0.312 bits per heavy atom. The predicted molar refractivity (Wildman–Crippen MR) is 197 cm³/mol. The van der Waals surface area contributed by atoms with Gasteiger partial charge in [-0.15, -0.1) is 0 Å². The Hall–Kier alpha value is -6.52. The molecule has 3 heterocycles. The molecule has 4 heteroatoms. The molecule has 0 aliphatic heterocycles. The number of pyridine rings is 2. The molecule has 48 heavy (non-hydrogen) atoms. The van der Waals surface area contributed by atoms with Gasteiger partial charge in [-0.2, -0.15) is 0 Å². The Morgan fingerprint density at radius 3 is 1.52 bits per heavy atom. The van der Waals surface area contributed by atoms with Gasteiger partial charge in [0.25, 0.3) is 0 Å². The van der Waals surface area contributed by atoms with Crippen LogP contribution in [0.15, 0.2) is 170 Å². The Kier molecular flexibility index (Phi) is 6.76. The minimum atomic E-state index is 0.705. The van der Waals surface area contributed by atoms with Gasteiger partial charge in [0.1, 0.15) is 0 Å². The molecule has 0 atom stereocenters. The topological polar surface area (TPSA) is 51.6 Å². The largest absolute Gasteiger partial charge is 0.245 e. The summed E-state index contributed by atoms with van der Waals surface area (Å²) in [5.41, 5.74) is 11.9. The maximum absolute atomic E-state index is 5.16. The van der Waals surface area contributed by atoms with E-state index in [9.17, 15) is 0 Å². The van der Waals surface area contributed by atoms with Gasteiger partial charge in [-0.1, -0.05) is 146 Å². The van der Waals surface area contributed by atoms with Crippen molar-refractivity contribution in [2.75, 3.05) is 0 Å². The van der Waals surface area contributed by atoms with Crippen LogP contribution in [0.2, 0.25) is 0 Å². The molecular weight excluding hydrogens is 585 g/mol. The second kappa shape index (κ2) is 11.7. The SMILES string of the molecule is c1ccc(-c2cccc(-c3nc(-c4ccc(-c5ccc6ccc7ccc(-c8ccccc8)nc7c6n5)cc4)c4ccccc4n3)c2)cc1. The third kappa shape index (κ3) is 5.06. The van der Waals surface area contributed by atoms with Gasteiger partial charge >= 0.3 is 0 Å². The van der Waals surface area contributed by atoms with E-state index in [-0.39, 0.29) is 0 Å². The number of hydrogen-bond acceptors (Lipinski definition) is 4. The van der Waals surface area contributed by atoms with Crippen LogP contribution in [0.1, 0.15) is 0 Å². The number of para-hydroxylation sites is 1. The lowest BCUT2D eigenvalue weighted by Gasteiger charge is -2.11. The zero-order valence-corrected chi connectivity index (χ0v) is 26.0. The fourth-order valence-electron chi connectivity index (χ4n) is 6.39. The molecule has 0 fully saturated rings. The van der Waals surface area contributed by atoms with Crippen molar-refractivity contribution in [2.45, 2.75) is 0 Å². The van der Waals surface area contributed by atoms with Crippen molar-refractivity contribution < 1.29 is 0 Å². The maximum atomic E-state index is 5.16. The second-order valence-electron chi connectivity index (χ2n) is 11.9. The van der Waals surface area contributed by atoms with Gasteiger partial charge in [0.15, 0.2) is 5.82 Å². The van der Waals surface area contributed by atoms with Gasteiger partial charge in [0.05, 0.1) is 33.6 Å². The van der Waals surface area contributed by atoms with E-state index in [4.69, 9.17) is 19.9 Å². The second-order valence-corrected chi connectivity index (χ2v) is 11.9. The summed E-state index contributed by atoms with van der Waals surface area (Å²) in [6.07, 6.45) is 0. The Bertz CT molecular complexity index is 2600. The van der Waals surface area contributed by atoms with E-state index in [0.29, 0.717) is 5.82 Å². The molecule has 0 aliphatic carbocycles. The molecule has 6 aromatic carbocycles. The summed E-state index contributed by atoms with van der Waals surface area (Å²) in [6.45, 7) is 0. The van der Waals surface area contributed by atoms with Gasteiger partial charge in [0.2, 0.25) is 0 Å². The zero-order chi connectivity index (χ0) is 31.9. The van der Waals surface area contributed by atoms with E-state index >= 15 is 0 Å². The van der Waals surface area contributed by atoms with Gasteiger partial charge < -0.3 is 0 Å². The molecule has 0 bridgehead atoms. The van der Waals surface area contributed by atoms with E-state index < -0.39 is 0 Å². The quantitative estimate of drug-likeness (QED) is 0.181. The van der Waals surface area contributed by atoms with Gasteiger partial charge in [-0.3, -0.25) is 0 Å². The lowest BCUT2D eigenvalue weighted by molar-refractivity contribution is 1.23. The highest BCUT2D eigenvalue weighted by Crippen LogP contribution is 2.33. The lowest BCUT2D eigenvalue weighted by atomic mass is 10.0. The molecule has 0 N–H and O–H groups in total. The van der Waals surface area contributed by atoms with Crippen molar-refractivity contribution in [1.29, 1.82) is 0 Å². The van der Waals surface area contributed by atoms with Crippen molar-refractivity contribution in [3.05, 3.63) is 170 Å². The molecule has 4 nitrogen and oxygen atoms in total. The molecule has 0 saturated heterocycles. The average molecular weight is 613 g/mol. The molecule has 224 valence electrons. The Labute approximate surface area is 278 Å². The molecule has 0 unspecified atom stereocenters. The van der Waals surface area contributed by atoms with Crippen LogP contribution >= 0.6 is 0 Å². The first-order chi connectivity index (χ1) is 23.8. The minimum absolute atomic E-state index is 0.705. The molecule has 9 aromatic rings. The van der Waals surface area contributed by atoms with Crippen LogP contribution < -0.4 is 0 Å². The summed E-state index contributed by atoms with van der Waals surface area (Å²) in [7, 11) is 0. The maximum Gasteiger partial charge on any atom is 0.160 e. The number of benzene rings is 6. The van der Waals surface area contributed by atoms with Crippen LogP contribution in [0.5, 0.6) is 0 Å². The Morgan fingerprint density at radius 2 is 0.833 bits per heavy atom. The van der Waals surface area contributed by atoms with Crippen molar-refractivity contribution in [3.8, 4) is 56.3 Å². The molecule has 3 aromatic heterocycles. The minimum Gasteiger partial charge on any atom is -0.245 e. The standard InChI is InChI=1S/C44H28N4/c1-3-10-29(11-4-1)35-14-9-15-36(28-35)44-47-40-17-8-7-16-37(40)41(48-44)32-20-18-31(19-21-32)39-27-25-34-23-22-33-24-26-38(30-12-5-2-6-13-30)45-42(33)43(34)46-39/h1-28H. The fourth-order valence-corrected chi connectivity index (χ4v) is 6.39. The smallest absolute Gasteiger partial charge is 0.160 e. The summed E-state index contributed by atoms with van der Waals surface area (Å²) in [4.78, 5) is 20.4. The molecule has 0 saturated carbocycles. The first-order valence-electron chi connectivity index (χ1n) is 16.1. The first kappa shape index (κ1) is 27.8. The molecule has 0 radical (unpaired) electrons. The van der Waals surface area contributed by atoms with Gasteiger partial charge in [-0.05, 0) is 35.4 Å². The lowest BCUT2D eigenvalue weighted by Crippen LogP contribution is -1.95. The number of fused-ring (bicyclic) bond motifs is 4. The summed E-state index contributed by atoms with van der Waals surface area (Å²) < 4.78 is 0. The van der Waals surface area contributed by atoms with Crippen molar-refractivity contribution >= 4 is 32.7 Å². The first-order valence-corrected chi connectivity index (χ1v) is 16.1. The number of nitrogens with zero attached hydrogens (tertiary/aromatic N) is 4. The van der Waals surface area contributed by atoms with E-state index in [1.54, 1.807) is 0 Å². The van der Waals surface area contributed by atoms with E-state index in [1.807, 2.05) is 36.4 Å². The van der Waals surface area contributed by atoms with E-state index in [1.165, 1.54) is 5.56 Å². The number of rotatable bonds is 5. The summed E-state index contributed by atoms with van der Waals surface area (Å²) >= 11 is 0. The predicted octanol–water partition coefficient (Wildman–Crippen LogP) is 11.1. The van der Waals surface area contributed by atoms with Crippen molar-refractivity contribution in [1.82, 2.24) is 19.9 Å². The molecule has 0 aliphatic rings. The molecule has 0 spiro atoms. The number of hydrogen-bond donors (Lipinski definition) is 0. The van der Waals surface area contributed by atoms with Crippen LogP contribution in [-0.4, -0.2) is 19.9 Å². The fraction of sp³-hybridized carbons (Fsp3) is 0. The van der Waals surface area contributed by atoms with Crippen LogP contribution in [0, 0.1) is 0 Å². The van der Waals surface area contributed by atoms with Gasteiger partial charge in [0, 0.05) is 38.4 Å². The monoisotopic (exact) mass is 612 g/mol. The Balaban J connectivity index is 1.11.